The summed E-state index contributed by atoms with van der Waals surface area (Å²) in [6, 6.07) is 16.6. The van der Waals surface area contributed by atoms with Crippen LogP contribution in [0.2, 0.25) is 5.02 Å². The van der Waals surface area contributed by atoms with Crippen LogP contribution in [0, 0.1) is 0 Å². The van der Waals surface area contributed by atoms with Gasteiger partial charge in [-0.2, -0.15) is 0 Å². The quantitative estimate of drug-likeness (QED) is 0.416. The van der Waals surface area contributed by atoms with Gasteiger partial charge in [0.1, 0.15) is 12.4 Å². The molecule has 1 amide bonds. The van der Waals surface area contributed by atoms with Crippen molar-refractivity contribution in [1.29, 1.82) is 0 Å². The molecule has 3 aromatic rings. The molecule has 3 rings (SSSR count). The molecular weight excluding hydrogens is 396 g/mol. The van der Waals surface area contributed by atoms with Crippen molar-refractivity contribution in [2.24, 2.45) is 0 Å². The van der Waals surface area contributed by atoms with Crippen LogP contribution >= 0.6 is 23.4 Å². The molecule has 2 aromatic carbocycles. The predicted octanol–water partition coefficient (Wildman–Crippen LogP) is 4.35. The highest BCUT2D eigenvalue weighted by atomic mass is 35.5. The van der Waals surface area contributed by atoms with Crippen molar-refractivity contribution < 1.29 is 9.53 Å². The Morgan fingerprint density at radius 2 is 1.96 bits per heavy atom. The third-order valence-electron chi connectivity index (χ3n) is 3.71. The number of para-hydroxylation sites is 1. The van der Waals surface area contributed by atoms with E-state index in [1.165, 1.54) is 11.8 Å². The second-order valence-corrected chi connectivity index (χ2v) is 7.10. The molecule has 0 saturated heterocycles. The third kappa shape index (κ3) is 5.61. The molecular formula is C20H19ClN4O2S. The highest BCUT2D eigenvalue weighted by Crippen LogP contribution is 2.19. The Bertz CT molecular complexity index is 915. The lowest BCUT2D eigenvalue weighted by molar-refractivity contribution is -0.116. The molecule has 0 fully saturated rings. The topological polar surface area (TPSA) is 71.1 Å². The minimum Gasteiger partial charge on any atom is -0.486 e. The van der Waals surface area contributed by atoms with Crippen LogP contribution < -0.4 is 9.64 Å². The van der Waals surface area contributed by atoms with E-state index in [1.54, 1.807) is 35.2 Å². The molecule has 144 valence electrons. The third-order valence-corrected chi connectivity index (χ3v) is 4.79. The van der Waals surface area contributed by atoms with E-state index >= 15 is 0 Å². The van der Waals surface area contributed by atoms with E-state index in [-0.39, 0.29) is 18.3 Å². The summed E-state index contributed by atoms with van der Waals surface area (Å²) in [7, 11) is 0. The van der Waals surface area contributed by atoms with Gasteiger partial charge < -0.3 is 9.64 Å². The van der Waals surface area contributed by atoms with Gasteiger partial charge in [0, 0.05) is 17.3 Å². The summed E-state index contributed by atoms with van der Waals surface area (Å²) in [5, 5.41) is 8.10. The molecule has 0 aliphatic heterocycles. The molecule has 0 spiro atoms. The molecule has 0 bridgehead atoms. The van der Waals surface area contributed by atoms with E-state index < -0.39 is 0 Å². The fourth-order valence-electron chi connectivity index (χ4n) is 2.38. The first-order valence-corrected chi connectivity index (χ1v) is 9.91. The summed E-state index contributed by atoms with van der Waals surface area (Å²) in [5.74, 6) is 1.45. The molecule has 0 aliphatic carbocycles. The number of hydrogen-bond acceptors (Lipinski definition) is 5. The molecule has 0 unspecified atom stereocenters. The van der Waals surface area contributed by atoms with Crippen LogP contribution in [0.5, 0.6) is 5.75 Å². The summed E-state index contributed by atoms with van der Waals surface area (Å²) in [6.07, 6.45) is 1.70. The van der Waals surface area contributed by atoms with Crippen LogP contribution in [-0.2, 0) is 11.4 Å². The minimum atomic E-state index is -0.0418. The fraction of sp³-hybridized carbons (Fsp3) is 0.150. The van der Waals surface area contributed by atoms with Gasteiger partial charge in [0.05, 0.1) is 5.75 Å². The van der Waals surface area contributed by atoms with Gasteiger partial charge in [-0.25, -0.2) is 4.98 Å². The predicted molar refractivity (Wildman–Crippen MR) is 112 cm³/mol. The van der Waals surface area contributed by atoms with Crippen molar-refractivity contribution >= 4 is 35.0 Å². The Hall–Kier alpha value is -2.77. The summed E-state index contributed by atoms with van der Waals surface area (Å²) in [5.41, 5.74) is 0.833. The highest BCUT2D eigenvalue weighted by molar-refractivity contribution is 7.99. The normalized spacial score (nSPS) is 10.5. The van der Waals surface area contributed by atoms with E-state index in [2.05, 4.69) is 21.8 Å². The van der Waals surface area contributed by atoms with E-state index in [9.17, 15) is 4.79 Å². The molecule has 28 heavy (non-hydrogen) atoms. The van der Waals surface area contributed by atoms with E-state index in [1.807, 2.05) is 30.3 Å². The number of aromatic amines is 1. The molecule has 1 aromatic heterocycles. The van der Waals surface area contributed by atoms with Crippen LogP contribution in [0.1, 0.15) is 5.82 Å². The Labute approximate surface area is 172 Å². The van der Waals surface area contributed by atoms with Crippen molar-refractivity contribution in [3.8, 4) is 5.75 Å². The van der Waals surface area contributed by atoms with Crippen LogP contribution in [0.15, 0.2) is 72.4 Å². The first-order chi connectivity index (χ1) is 13.7. The van der Waals surface area contributed by atoms with E-state index in [0.717, 1.165) is 5.69 Å². The van der Waals surface area contributed by atoms with Gasteiger partial charge in [-0.3, -0.25) is 9.89 Å². The molecule has 8 heteroatoms. The van der Waals surface area contributed by atoms with Gasteiger partial charge in [0.15, 0.2) is 5.82 Å². The van der Waals surface area contributed by atoms with Crippen molar-refractivity contribution in [3.05, 3.63) is 78.1 Å². The number of amides is 1. The van der Waals surface area contributed by atoms with Crippen LogP contribution in [0.3, 0.4) is 0 Å². The van der Waals surface area contributed by atoms with Crippen LogP contribution in [0.25, 0.3) is 0 Å². The van der Waals surface area contributed by atoms with Gasteiger partial charge in [-0.1, -0.05) is 47.6 Å². The second-order valence-electron chi connectivity index (χ2n) is 5.72. The van der Waals surface area contributed by atoms with Gasteiger partial charge in [0.25, 0.3) is 0 Å². The van der Waals surface area contributed by atoms with Crippen molar-refractivity contribution in [2.45, 2.75) is 11.8 Å². The first-order valence-electron chi connectivity index (χ1n) is 8.54. The van der Waals surface area contributed by atoms with Gasteiger partial charge in [-0.15, -0.1) is 11.7 Å². The highest BCUT2D eigenvalue weighted by Gasteiger charge is 2.16. The lowest BCUT2D eigenvalue weighted by Gasteiger charge is -2.20. The van der Waals surface area contributed by atoms with Crippen LogP contribution in [0.4, 0.5) is 5.69 Å². The molecule has 0 atom stereocenters. The number of benzene rings is 2. The Balaban J connectivity index is 1.53. The average Bonchev–Trinajstić information content (AvgIpc) is 3.18. The second kappa shape index (κ2) is 9.96. The lowest BCUT2D eigenvalue weighted by atomic mass is 10.3. The van der Waals surface area contributed by atoms with Crippen molar-refractivity contribution in [1.82, 2.24) is 15.2 Å². The number of carbonyl (C=O) groups is 1. The lowest BCUT2D eigenvalue weighted by Crippen LogP contribution is -2.32. The Morgan fingerprint density at radius 1 is 1.21 bits per heavy atom. The fourth-order valence-corrected chi connectivity index (χ4v) is 3.20. The number of hydrogen-bond donors (Lipinski definition) is 1. The number of aromatic nitrogens is 3. The van der Waals surface area contributed by atoms with Gasteiger partial charge >= 0.3 is 0 Å². The van der Waals surface area contributed by atoms with Gasteiger partial charge in [-0.05, 0) is 36.4 Å². The number of nitrogens with one attached hydrogen (secondary N) is 1. The maximum absolute atomic E-state index is 12.6. The SMILES string of the molecule is C=CCN(C(=O)CSc1n[nH]c(COc2ccc(Cl)cc2)n1)c1ccccc1. The Morgan fingerprint density at radius 3 is 2.68 bits per heavy atom. The standard InChI is InChI=1S/C20H19ClN4O2S/c1-2-12-25(16-6-4-3-5-7-16)19(26)14-28-20-22-18(23-24-20)13-27-17-10-8-15(21)9-11-17/h2-11H,1,12-14H2,(H,22,23,24). The smallest absolute Gasteiger partial charge is 0.237 e. The van der Waals surface area contributed by atoms with Gasteiger partial charge in [0.2, 0.25) is 11.1 Å². The molecule has 0 aliphatic rings. The van der Waals surface area contributed by atoms with Crippen molar-refractivity contribution in [3.63, 3.8) is 0 Å². The monoisotopic (exact) mass is 414 g/mol. The minimum absolute atomic E-state index is 0.0418. The maximum Gasteiger partial charge on any atom is 0.237 e. The number of carbonyl (C=O) groups excluding carboxylic acids is 1. The van der Waals surface area contributed by atoms with E-state index in [4.69, 9.17) is 16.3 Å². The number of H-pyrrole nitrogens is 1. The summed E-state index contributed by atoms with van der Waals surface area (Å²) in [6.45, 7) is 4.42. The maximum atomic E-state index is 12.6. The summed E-state index contributed by atoms with van der Waals surface area (Å²) < 4.78 is 5.63. The first kappa shape index (κ1) is 20.0. The zero-order valence-corrected chi connectivity index (χ0v) is 16.6. The molecule has 1 N–H and O–H groups in total. The molecule has 1 heterocycles. The number of rotatable bonds is 9. The number of ether oxygens (including phenoxy) is 1. The van der Waals surface area contributed by atoms with Crippen molar-refractivity contribution in [2.75, 3.05) is 17.2 Å². The Kier molecular flexibility index (Phi) is 7.11. The number of thioether (sulfide) groups is 1. The number of nitrogens with zero attached hydrogens (tertiary/aromatic N) is 3. The average molecular weight is 415 g/mol. The van der Waals surface area contributed by atoms with Crippen LogP contribution in [-0.4, -0.2) is 33.4 Å². The summed E-state index contributed by atoms with van der Waals surface area (Å²) in [4.78, 5) is 18.6. The number of anilines is 1. The van der Waals surface area contributed by atoms with E-state index in [0.29, 0.717) is 28.3 Å². The summed E-state index contributed by atoms with van der Waals surface area (Å²) >= 11 is 7.12. The molecule has 0 saturated carbocycles. The zero-order valence-electron chi connectivity index (χ0n) is 15.0. The molecule has 6 nitrogen and oxygen atoms in total. The molecule has 0 radical (unpaired) electrons. The zero-order chi connectivity index (χ0) is 19.8. The largest absolute Gasteiger partial charge is 0.486 e. The number of halogens is 1.